The molecular weight excluding hydrogens is 287 g/mol. The van der Waals surface area contributed by atoms with Crippen molar-refractivity contribution in [1.82, 2.24) is 0 Å². The van der Waals surface area contributed by atoms with Gasteiger partial charge in [-0.2, -0.15) is 13.2 Å². The van der Waals surface area contributed by atoms with Gasteiger partial charge < -0.3 is 19.9 Å². The molecule has 1 aliphatic rings. The summed E-state index contributed by atoms with van der Waals surface area (Å²) in [5, 5.41) is 0. The first kappa shape index (κ1) is 16.1. The van der Waals surface area contributed by atoms with Crippen molar-refractivity contribution < 1.29 is 27.4 Å². The summed E-state index contributed by atoms with van der Waals surface area (Å²) in [6.45, 7) is 0.802. The van der Waals surface area contributed by atoms with Crippen LogP contribution in [0.1, 0.15) is 12.0 Å². The molecule has 1 fully saturated rings. The maximum Gasteiger partial charge on any atom is 0.416 e. The minimum atomic E-state index is -4.39. The lowest BCUT2D eigenvalue weighted by Gasteiger charge is -2.41. The smallest absolute Gasteiger partial charge is 0.416 e. The van der Waals surface area contributed by atoms with Crippen LogP contribution in [0.15, 0.2) is 24.3 Å². The van der Waals surface area contributed by atoms with Crippen molar-refractivity contribution >= 4 is 0 Å². The van der Waals surface area contributed by atoms with Crippen LogP contribution in [0.5, 0.6) is 5.75 Å². The van der Waals surface area contributed by atoms with Crippen LogP contribution in [0, 0.1) is 0 Å². The number of alkyl halides is 3. The van der Waals surface area contributed by atoms with Crippen molar-refractivity contribution in [3.63, 3.8) is 0 Å². The minimum Gasteiger partial charge on any atom is -0.488 e. The lowest BCUT2D eigenvalue weighted by Crippen LogP contribution is -2.59. The molecule has 0 saturated heterocycles. The van der Waals surface area contributed by atoms with Gasteiger partial charge in [0, 0.05) is 19.6 Å². The molecule has 0 heterocycles. The molecule has 1 aromatic rings. The molecule has 7 heteroatoms. The largest absolute Gasteiger partial charge is 0.488 e. The number of hydrogen-bond donors (Lipinski definition) is 1. The zero-order valence-electron chi connectivity index (χ0n) is 11.6. The summed E-state index contributed by atoms with van der Waals surface area (Å²) in [4.78, 5) is 0. The molecule has 2 N–H and O–H groups in total. The zero-order valence-corrected chi connectivity index (χ0v) is 11.6. The van der Waals surface area contributed by atoms with Crippen LogP contribution in [-0.2, 0) is 15.7 Å². The molecule has 0 radical (unpaired) electrons. The van der Waals surface area contributed by atoms with Crippen LogP contribution in [0.4, 0.5) is 13.2 Å². The first-order valence-corrected chi connectivity index (χ1v) is 6.62. The zero-order chi connectivity index (χ0) is 15.5. The first-order valence-electron chi connectivity index (χ1n) is 6.62. The highest BCUT2D eigenvalue weighted by atomic mass is 19.4. The van der Waals surface area contributed by atoms with Crippen molar-refractivity contribution in [3.05, 3.63) is 29.8 Å². The van der Waals surface area contributed by atoms with E-state index >= 15 is 0 Å². The number of hydrogen-bond acceptors (Lipinski definition) is 4. The van der Waals surface area contributed by atoms with Gasteiger partial charge in [-0.3, -0.25) is 0 Å². The van der Waals surface area contributed by atoms with E-state index in [0.29, 0.717) is 19.6 Å². The van der Waals surface area contributed by atoms with Crippen LogP contribution in [0.2, 0.25) is 0 Å². The third-order valence-electron chi connectivity index (χ3n) is 3.34. The summed E-state index contributed by atoms with van der Waals surface area (Å²) in [6, 6.07) is 4.63. The van der Waals surface area contributed by atoms with Crippen LogP contribution >= 0.6 is 0 Å². The van der Waals surface area contributed by atoms with Crippen molar-refractivity contribution in [2.75, 3.05) is 20.3 Å². The van der Waals surface area contributed by atoms with Gasteiger partial charge in [0.2, 0.25) is 0 Å². The minimum absolute atomic E-state index is 0.169. The number of benzene rings is 1. The maximum absolute atomic E-state index is 12.6. The number of halogens is 3. The molecule has 1 aromatic carbocycles. The van der Waals surface area contributed by atoms with Gasteiger partial charge in [-0.15, -0.1) is 0 Å². The average Bonchev–Trinajstić information content (AvgIpc) is 2.42. The monoisotopic (exact) mass is 305 g/mol. The standard InChI is InChI=1S/C14H18F3NO3/c1-19-5-6-20-13-11(18)8-12(13)21-10-4-2-3-9(7-10)14(15,16)17/h2-4,7,11-13H,5-6,8,18H2,1H3. The second kappa shape index (κ2) is 6.64. The quantitative estimate of drug-likeness (QED) is 0.819. The van der Waals surface area contributed by atoms with Gasteiger partial charge in [0.1, 0.15) is 18.0 Å². The van der Waals surface area contributed by atoms with E-state index in [9.17, 15) is 13.2 Å². The normalized spacial score (nSPS) is 25.5. The predicted molar refractivity (Wildman–Crippen MR) is 70.1 cm³/mol. The molecule has 118 valence electrons. The molecule has 3 unspecified atom stereocenters. The second-order valence-corrected chi connectivity index (χ2v) is 4.91. The molecule has 0 spiro atoms. The van der Waals surface area contributed by atoms with Gasteiger partial charge in [0.25, 0.3) is 0 Å². The fourth-order valence-electron chi connectivity index (χ4n) is 2.15. The summed E-state index contributed by atoms with van der Waals surface area (Å²) in [5.41, 5.74) is 5.09. The van der Waals surface area contributed by atoms with E-state index in [4.69, 9.17) is 19.9 Å². The van der Waals surface area contributed by atoms with E-state index in [2.05, 4.69) is 0 Å². The van der Waals surface area contributed by atoms with E-state index in [1.807, 2.05) is 0 Å². The van der Waals surface area contributed by atoms with E-state index in [1.54, 1.807) is 7.11 Å². The first-order chi connectivity index (χ1) is 9.91. The maximum atomic E-state index is 12.6. The van der Waals surface area contributed by atoms with Gasteiger partial charge in [0.05, 0.1) is 18.8 Å². The molecule has 2 rings (SSSR count). The fraction of sp³-hybridized carbons (Fsp3) is 0.571. The predicted octanol–water partition coefficient (Wildman–Crippen LogP) is 2.22. The Bertz CT molecular complexity index is 467. The molecule has 0 amide bonds. The second-order valence-electron chi connectivity index (χ2n) is 4.91. The average molecular weight is 305 g/mol. The van der Waals surface area contributed by atoms with Crippen molar-refractivity contribution in [2.24, 2.45) is 5.73 Å². The van der Waals surface area contributed by atoms with Crippen LogP contribution < -0.4 is 10.5 Å². The van der Waals surface area contributed by atoms with E-state index in [0.717, 1.165) is 12.1 Å². The SMILES string of the molecule is COCCOC1C(N)CC1Oc1cccc(C(F)(F)F)c1. The van der Waals surface area contributed by atoms with Crippen molar-refractivity contribution in [2.45, 2.75) is 30.8 Å². The van der Waals surface area contributed by atoms with Crippen LogP contribution in [0.3, 0.4) is 0 Å². The Kier molecular flexibility index (Phi) is 5.08. The topological polar surface area (TPSA) is 53.7 Å². The summed E-state index contributed by atoms with van der Waals surface area (Å²) in [5.74, 6) is 0.169. The molecule has 0 aliphatic heterocycles. The molecule has 21 heavy (non-hydrogen) atoms. The number of nitrogens with two attached hydrogens (primary N) is 1. The Morgan fingerprint density at radius 3 is 2.67 bits per heavy atom. The Balaban J connectivity index is 1.95. The van der Waals surface area contributed by atoms with E-state index < -0.39 is 11.7 Å². The van der Waals surface area contributed by atoms with Gasteiger partial charge in [-0.05, 0) is 18.2 Å². The molecule has 4 nitrogen and oxygen atoms in total. The Morgan fingerprint density at radius 2 is 2.05 bits per heavy atom. The Morgan fingerprint density at radius 1 is 1.29 bits per heavy atom. The van der Waals surface area contributed by atoms with Crippen molar-refractivity contribution in [3.8, 4) is 5.75 Å². The van der Waals surface area contributed by atoms with Gasteiger partial charge in [-0.25, -0.2) is 0 Å². The third-order valence-corrected chi connectivity index (χ3v) is 3.34. The van der Waals surface area contributed by atoms with Gasteiger partial charge in [0.15, 0.2) is 0 Å². The molecular formula is C14H18F3NO3. The highest BCUT2D eigenvalue weighted by Crippen LogP contribution is 2.33. The highest BCUT2D eigenvalue weighted by molar-refractivity contribution is 5.30. The Labute approximate surface area is 121 Å². The number of ether oxygens (including phenoxy) is 3. The number of methoxy groups -OCH3 is 1. The highest BCUT2D eigenvalue weighted by Gasteiger charge is 2.41. The molecule has 0 bridgehead atoms. The summed E-state index contributed by atoms with van der Waals surface area (Å²) >= 11 is 0. The summed E-state index contributed by atoms with van der Waals surface area (Å²) < 4.78 is 53.8. The molecule has 0 aromatic heterocycles. The van der Waals surface area contributed by atoms with Gasteiger partial charge in [-0.1, -0.05) is 6.07 Å². The van der Waals surface area contributed by atoms with Gasteiger partial charge >= 0.3 is 6.18 Å². The lowest BCUT2D eigenvalue weighted by atomic mass is 9.86. The van der Waals surface area contributed by atoms with Crippen molar-refractivity contribution in [1.29, 1.82) is 0 Å². The summed E-state index contributed by atoms with van der Waals surface area (Å²) in [7, 11) is 1.56. The molecule has 3 atom stereocenters. The Hall–Kier alpha value is -1.31. The number of rotatable bonds is 6. The molecule has 1 aliphatic carbocycles. The van der Waals surface area contributed by atoms with Crippen LogP contribution in [0.25, 0.3) is 0 Å². The van der Waals surface area contributed by atoms with Crippen LogP contribution in [-0.4, -0.2) is 38.6 Å². The lowest BCUT2D eigenvalue weighted by molar-refractivity contribution is -0.138. The third kappa shape index (κ3) is 4.09. The van der Waals surface area contributed by atoms with E-state index in [1.165, 1.54) is 12.1 Å². The summed E-state index contributed by atoms with van der Waals surface area (Å²) in [6.07, 6.45) is -4.49. The molecule has 1 saturated carbocycles. The fourth-order valence-corrected chi connectivity index (χ4v) is 2.15. The van der Waals surface area contributed by atoms with E-state index in [-0.39, 0.29) is 24.0 Å².